The van der Waals surface area contributed by atoms with Crippen LogP contribution in [0, 0.1) is 11.8 Å². The number of sulfone groups is 1. The van der Waals surface area contributed by atoms with E-state index in [1.165, 1.54) is 0 Å². The lowest BCUT2D eigenvalue weighted by Crippen LogP contribution is -2.50. The molecular weight excluding hydrogens is 198 g/mol. The molecule has 0 N–H and O–H groups in total. The number of hydrogen-bond donors (Lipinski definition) is 0. The molecule has 0 aromatic carbocycles. The summed E-state index contributed by atoms with van der Waals surface area (Å²) >= 11 is 0. The Labute approximate surface area is 86.4 Å². The van der Waals surface area contributed by atoms with Crippen molar-refractivity contribution in [1.82, 2.24) is 4.90 Å². The topological polar surface area (TPSA) is 37.4 Å². The first kappa shape index (κ1) is 10.4. The molecule has 0 spiro atoms. The summed E-state index contributed by atoms with van der Waals surface area (Å²) in [5.41, 5.74) is 0. The molecule has 14 heavy (non-hydrogen) atoms. The number of likely N-dealkylation sites (tertiary alicyclic amines) is 1. The molecule has 2 fully saturated rings. The van der Waals surface area contributed by atoms with Crippen molar-refractivity contribution in [1.29, 1.82) is 0 Å². The van der Waals surface area contributed by atoms with Crippen molar-refractivity contribution in [3.63, 3.8) is 0 Å². The van der Waals surface area contributed by atoms with E-state index in [2.05, 4.69) is 18.7 Å². The van der Waals surface area contributed by atoms with Crippen molar-refractivity contribution in [2.75, 3.05) is 24.6 Å². The molecule has 2 rings (SSSR count). The fourth-order valence-corrected chi connectivity index (χ4v) is 4.86. The Balaban J connectivity index is 2.09. The maximum atomic E-state index is 11.5. The number of fused-ring (bicyclic) bond motifs is 2. The molecule has 0 saturated carbocycles. The van der Waals surface area contributed by atoms with Gasteiger partial charge in [-0.2, -0.15) is 0 Å². The molecule has 82 valence electrons. The van der Waals surface area contributed by atoms with E-state index in [-0.39, 0.29) is 0 Å². The monoisotopic (exact) mass is 217 g/mol. The maximum Gasteiger partial charge on any atom is 0.150 e. The zero-order valence-electron chi connectivity index (χ0n) is 8.94. The van der Waals surface area contributed by atoms with E-state index >= 15 is 0 Å². The molecule has 2 aliphatic rings. The zero-order valence-corrected chi connectivity index (χ0v) is 9.76. The molecule has 2 saturated heterocycles. The molecule has 2 aliphatic heterocycles. The first-order valence-electron chi connectivity index (χ1n) is 5.41. The first-order chi connectivity index (χ1) is 6.46. The van der Waals surface area contributed by atoms with E-state index < -0.39 is 9.84 Å². The lowest BCUT2D eigenvalue weighted by Gasteiger charge is -2.42. The van der Waals surface area contributed by atoms with Crippen molar-refractivity contribution in [2.24, 2.45) is 11.8 Å². The van der Waals surface area contributed by atoms with E-state index in [1.54, 1.807) is 0 Å². The van der Waals surface area contributed by atoms with Gasteiger partial charge in [-0.1, -0.05) is 0 Å². The van der Waals surface area contributed by atoms with Gasteiger partial charge >= 0.3 is 0 Å². The SMILES string of the molecule is CC(C)N1CC2CC(C1)CS(=O)(=O)C2. The Bertz CT molecular complexity index is 290. The van der Waals surface area contributed by atoms with Gasteiger partial charge in [-0.25, -0.2) is 8.42 Å². The fraction of sp³-hybridized carbons (Fsp3) is 1.00. The summed E-state index contributed by atoms with van der Waals surface area (Å²) < 4.78 is 23.0. The third kappa shape index (κ3) is 2.11. The molecule has 0 radical (unpaired) electrons. The lowest BCUT2D eigenvalue weighted by atomic mass is 9.90. The largest absolute Gasteiger partial charge is 0.300 e. The van der Waals surface area contributed by atoms with E-state index in [0.29, 0.717) is 29.4 Å². The molecule has 2 bridgehead atoms. The van der Waals surface area contributed by atoms with Crippen molar-refractivity contribution in [3.8, 4) is 0 Å². The van der Waals surface area contributed by atoms with Crippen LogP contribution in [0.3, 0.4) is 0 Å². The van der Waals surface area contributed by atoms with Crippen molar-refractivity contribution < 1.29 is 8.42 Å². The summed E-state index contributed by atoms with van der Waals surface area (Å²) in [6, 6.07) is 0.557. The van der Waals surface area contributed by atoms with Crippen LogP contribution in [0.15, 0.2) is 0 Å². The van der Waals surface area contributed by atoms with E-state index in [1.807, 2.05) is 0 Å². The fourth-order valence-electron chi connectivity index (χ4n) is 2.81. The summed E-state index contributed by atoms with van der Waals surface area (Å²) in [6.45, 7) is 6.34. The Kier molecular flexibility index (Phi) is 2.60. The highest BCUT2D eigenvalue weighted by Gasteiger charge is 2.37. The Morgan fingerprint density at radius 1 is 1.14 bits per heavy atom. The third-order valence-electron chi connectivity index (χ3n) is 3.36. The third-order valence-corrected chi connectivity index (χ3v) is 5.32. The van der Waals surface area contributed by atoms with Crippen LogP contribution in [0.2, 0.25) is 0 Å². The molecule has 4 heteroatoms. The van der Waals surface area contributed by atoms with Gasteiger partial charge in [-0.05, 0) is 32.1 Å². The smallest absolute Gasteiger partial charge is 0.150 e. The number of nitrogens with zero attached hydrogens (tertiary/aromatic N) is 1. The summed E-state index contributed by atoms with van der Waals surface area (Å²) in [6.07, 6.45) is 1.13. The Morgan fingerprint density at radius 2 is 1.64 bits per heavy atom. The van der Waals surface area contributed by atoms with Crippen LogP contribution >= 0.6 is 0 Å². The molecule has 0 aromatic rings. The van der Waals surface area contributed by atoms with Crippen LogP contribution < -0.4 is 0 Å². The number of piperidine rings is 1. The van der Waals surface area contributed by atoms with E-state index in [4.69, 9.17) is 0 Å². The normalized spacial score (nSPS) is 37.4. The van der Waals surface area contributed by atoms with Gasteiger partial charge in [0.1, 0.15) is 0 Å². The quantitative estimate of drug-likeness (QED) is 0.651. The summed E-state index contributed by atoms with van der Waals surface area (Å²) in [5, 5.41) is 0. The molecule has 2 heterocycles. The minimum absolute atomic E-state index is 0.398. The lowest BCUT2D eigenvalue weighted by molar-refractivity contribution is 0.107. The van der Waals surface area contributed by atoms with Gasteiger partial charge in [-0.15, -0.1) is 0 Å². The van der Waals surface area contributed by atoms with Gasteiger partial charge in [0, 0.05) is 19.1 Å². The number of rotatable bonds is 1. The minimum atomic E-state index is -2.72. The van der Waals surface area contributed by atoms with Crippen molar-refractivity contribution in [2.45, 2.75) is 26.3 Å². The van der Waals surface area contributed by atoms with Gasteiger partial charge < -0.3 is 4.90 Å². The van der Waals surface area contributed by atoms with Crippen LogP contribution in [0.4, 0.5) is 0 Å². The number of hydrogen-bond acceptors (Lipinski definition) is 3. The molecule has 2 atom stereocenters. The summed E-state index contributed by atoms with van der Waals surface area (Å²) in [7, 11) is -2.72. The average molecular weight is 217 g/mol. The van der Waals surface area contributed by atoms with Crippen LogP contribution in [0.25, 0.3) is 0 Å². The highest BCUT2D eigenvalue weighted by atomic mass is 32.2. The zero-order chi connectivity index (χ0) is 10.3. The van der Waals surface area contributed by atoms with Gasteiger partial charge in [0.2, 0.25) is 0 Å². The standard InChI is InChI=1S/C10H19NO2S/c1-8(2)11-4-9-3-10(5-11)7-14(12,13)6-9/h8-10H,3-7H2,1-2H3. The van der Waals surface area contributed by atoms with Gasteiger partial charge in [0.05, 0.1) is 11.5 Å². The molecule has 0 aromatic heterocycles. The first-order valence-corrected chi connectivity index (χ1v) is 7.23. The molecule has 2 unspecified atom stereocenters. The second kappa shape index (κ2) is 3.49. The second-order valence-electron chi connectivity index (χ2n) is 5.09. The van der Waals surface area contributed by atoms with Gasteiger partial charge in [-0.3, -0.25) is 0 Å². The predicted molar refractivity (Wildman–Crippen MR) is 57.0 cm³/mol. The minimum Gasteiger partial charge on any atom is -0.300 e. The molecular formula is C10H19NO2S. The molecule has 0 amide bonds. The highest BCUT2D eigenvalue weighted by Crippen LogP contribution is 2.30. The van der Waals surface area contributed by atoms with E-state index in [0.717, 1.165) is 19.5 Å². The van der Waals surface area contributed by atoms with Gasteiger partial charge in [0.15, 0.2) is 9.84 Å². The molecule has 3 nitrogen and oxygen atoms in total. The van der Waals surface area contributed by atoms with Crippen molar-refractivity contribution >= 4 is 9.84 Å². The highest BCUT2D eigenvalue weighted by molar-refractivity contribution is 7.91. The average Bonchev–Trinajstić information content (AvgIpc) is 1.99. The van der Waals surface area contributed by atoms with Crippen molar-refractivity contribution in [3.05, 3.63) is 0 Å². The maximum absolute atomic E-state index is 11.5. The summed E-state index contributed by atoms with van der Waals surface area (Å²) in [4.78, 5) is 2.42. The van der Waals surface area contributed by atoms with Crippen LogP contribution in [0.5, 0.6) is 0 Å². The predicted octanol–water partition coefficient (Wildman–Crippen LogP) is 0.761. The van der Waals surface area contributed by atoms with Crippen LogP contribution in [0.1, 0.15) is 20.3 Å². The Morgan fingerprint density at radius 3 is 2.07 bits per heavy atom. The molecule has 0 aliphatic carbocycles. The van der Waals surface area contributed by atoms with Crippen LogP contribution in [-0.2, 0) is 9.84 Å². The van der Waals surface area contributed by atoms with Crippen LogP contribution in [-0.4, -0.2) is 44.0 Å². The Hall–Kier alpha value is -0.0900. The summed E-state index contributed by atoms with van der Waals surface area (Å²) in [5.74, 6) is 1.64. The second-order valence-corrected chi connectivity index (χ2v) is 7.25. The van der Waals surface area contributed by atoms with Gasteiger partial charge in [0.25, 0.3) is 0 Å². The van der Waals surface area contributed by atoms with E-state index in [9.17, 15) is 8.42 Å².